The van der Waals surface area contributed by atoms with Gasteiger partial charge in [0.05, 0.1) is 6.26 Å². The van der Waals surface area contributed by atoms with Crippen molar-refractivity contribution in [3.63, 3.8) is 0 Å². The molecule has 0 saturated carbocycles. The maximum Gasteiger partial charge on any atom is 0.191 e. The average molecular weight is 567 g/mol. The second-order valence-corrected chi connectivity index (χ2v) is 8.89. The molecule has 2 aliphatic rings. The number of furan rings is 1. The van der Waals surface area contributed by atoms with E-state index in [1.165, 1.54) is 37.9 Å². The molecule has 2 aliphatic heterocycles. The molecular formula is C25H39IN6O. The molecule has 0 amide bonds. The third kappa shape index (κ3) is 7.88. The number of hydrogen-bond acceptors (Lipinski definition) is 5. The number of anilines is 1. The first-order valence-corrected chi connectivity index (χ1v) is 12.3. The summed E-state index contributed by atoms with van der Waals surface area (Å²) in [5.41, 5.74) is 1.28. The number of halogens is 1. The van der Waals surface area contributed by atoms with Gasteiger partial charge in [0, 0.05) is 63.3 Å². The summed E-state index contributed by atoms with van der Waals surface area (Å²) < 4.78 is 5.47. The molecule has 4 rings (SSSR count). The molecule has 2 saturated heterocycles. The van der Waals surface area contributed by atoms with Crippen LogP contribution in [0.25, 0.3) is 0 Å². The monoisotopic (exact) mass is 566 g/mol. The molecule has 0 aliphatic carbocycles. The van der Waals surface area contributed by atoms with Gasteiger partial charge in [-0.15, -0.1) is 24.0 Å². The topological polar surface area (TPSA) is 68.9 Å². The average Bonchev–Trinajstić information content (AvgIpc) is 3.53. The van der Waals surface area contributed by atoms with Crippen LogP contribution in [0.2, 0.25) is 0 Å². The van der Waals surface area contributed by atoms with E-state index in [9.17, 15) is 0 Å². The van der Waals surface area contributed by atoms with E-state index in [2.05, 4.69) is 44.5 Å². The van der Waals surface area contributed by atoms with Gasteiger partial charge in [0.25, 0.3) is 0 Å². The summed E-state index contributed by atoms with van der Waals surface area (Å²) >= 11 is 0. The van der Waals surface area contributed by atoms with Crippen molar-refractivity contribution in [2.45, 2.75) is 45.1 Å². The molecule has 182 valence electrons. The van der Waals surface area contributed by atoms with Crippen LogP contribution in [0.1, 0.15) is 38.4 Å². The molecule has 0 aromatic carbocycles. The standard InChI is InChI=1S/C25H38N6O.HI/c1-2-30-15-3-5-23(30)20-29-25(27-14-9-24-6-4-18-32-24)28-19-21-10-16-31(17-11-21)22-7-12-26-13-8-22;/h4,6-8,12-13,18,21,23H,2-3,5,9-11,14-17,19-20H2,1H3,(H2,27,28,29);1H. The molecule has 2 aromatic heterocycles. The van der Waals surface area contributed by atoms with Gasteiger partial charge in [-0.2, -0.15) is 0 Å². The van der Waals surface area contributed by atoms with Crippen molar-refractivity contribution < 1.29 is 4.42 Å². The van der Waals surface area contributed by atoms with Gasteiger partial charge < -0.3 is 20.0 Å². The maximum absolute atomic E-state index is 5.47. The van der Waals surface area contributed by atoms with Crippen molar-refractivity contribution in [3.05, 3.63) is 48.7 Å². The van der Waals surface area contributed by atoms with Crippen LogP contribution in [0.4, 0.5) is 5.69 Å². The molecule has 7 nitrogen and oxygen atoms in total. The van der Waals surface area contributed by atoms with Gasteiger partial charge in [-0.25, -0.2) is 0 Å². The molecule has 1 unspecified atom stereocenters. The van der Waals surface area contributed by atoms with Gasteiger partial charge in [0.1, 0.15) is 5.76 Å². The Kier molecular flexibility index (Phi) is 10.8. The van der Waals surface area contributed by atoms with E-state index in [1.807, 2.05) is 24.5 Å². The number of guanidine groups is 1. The number of likely N-dealkylation sites (N-methyl/N-ethyl adjacent to an activating group) is 1. The Labute approximate surface area is 215 Å². The van der Waals surface area contributed by atoms with Crippen molar-refractivity contribution in [2.24, 2.45) is 10.9 Å². The van der Waals surface area contributed by atoms with E-state index in [-0.39, 0.29) is 24.0 Å². The minimum atomic E-state index is 0. The third-order valence-corrected chi connectivity index (χ3v) is 6.80. The fourth-order valence-electron chi connectivity index (χ4n) is 4.84. The van der Waals surface area contributed by atoms with Crippen LogP contribution >= 0.6 is 24.0 Å². The maximum atomic E-state index is 5.47. The predicted octanol–water partition coefficient (Wildman–Crippen LogP) is 3.77. The van der Waals surface area contributed by atoms with Gasteiger partial charge in [0.15, 0.2) is 5.96 Å². The molecule has 2 N–H and O–H groups in total. The Morgan fingerprint density at radius 1 is 1.12 bits per heavy atom. The zero-order valence-corrected chi connectivity index (χ0v) is 22.1. The molecule has 0 bridgehead atoms. The Bertz CT molecular complexity index is 808. The van der Waals surface area contributed by atoms with Crippen molar-refractivity contribution in [1.82, 2.24) is 20.5 Å². The lowest BCUT2D eigenvalue weighted by molar-refractivity contribution is 0.267. The fourth-order valence-corrected chi connectivity index (χ4v) is 4.84. The Morgan fingerprint density at radius 2 is 1.94 bits per heavy atom. The van der Waals surface area contributed by atoms with Crippen LogP contribution in [0.5, 0.6) is 0 Å². The second-order valence-electron chi connectivity index (χ2n) is 8.89. The Balaban J connectivity index is 0.00000306. The van der Waals surface area contributed by atoms with E-state index in [0.717, 1.165) is 57.4 Å². The Morgan fingerprint density at radius 3 is 2.67 bits per heavy atom. The van der Waals surface area contributed by atoms with E-state index in [0.29, 0.717) is 12.0 Å². The van der Waals surface area contributed by atoms with Gasteiger partial charge in [0.2, 0.25) is 0 Å². The van der Waals surface area contributed by atoms with E-state index < -0.39 is 0 Å². The van der Waals surface area contributed by atoms with Crippen LogP contribution in [0.3, 0.4) is 0 Å². The SMILES string of the molecule is CCN1CCCC1CNC(=NCC1CCN(c2ccncc2)CC1)NCCc1ccco1.I. The molecule has 0 radical (unpaired) electrons. The highest BCUT2D eigenvalue weighted by Crippen LogP contribution is 2.23. The number of aromatic nitrogens is 1. The van der Waals surface area contributed by atoms with Crippen LogP contribution in [-0.2, 0) is 6.42 Å². The largest absolute Gasteiger partial charge is 0.469 e. The smallest absolute Gasteiger partial charge is 0.191 e. The first-order valence-electron chi connectivity index (χ1n) is 12.3. The Hall–Kier alpha value is -1.81. The van der Waals surface area contributed by atoms with Gasteiger partial charge >= 0.3 is 0 Å². The van der Waals surface area contributed by atoms with Crippen LogP contribution < -0.4 is 15.5 Å². The molecule has 2 fully saturated rings. The van der Waals surface area contributed by atoms with E-state index in [4.69, 9.17) is 9.41 Å². The third-order valence-electron chi connectivity index (χ3n) is 6.80. The highest BCUT2D eigenvalue weighted by Gasteiger charge is 2.23. The summed E-state index contributed by atoms with van der Waals surface area (Å²) in [5.74, 6) is 2.58. The summed E-state index contributed by atoms with van der Waals surface area (Å²) in [7, 11) is 0. The second kappa shape index (κ2) is 13.8. The number of likely N-dealkylation sites (tertiary alicyclic amines) is 1. The summed E-state index contributed by atoms with van der Waals surface area (Å²) in [4.78, 5) is 14.2. The number of nitrogens with zero attached hydrogens (tertiary/aromatic N) is 4. The molecule has 2 aromatic rings. The summed E-state index contributed by atoms with van der Waals surface area (Å²) in [6, 6.07) is 8.79. The molecular weight excluding hydrogens is 527 g/mol. The quantitative estimate of drug-likeness (QED) is 0.274. The van der Waals surface area contributed by atoms with Gasteiger partial charge in [-0.05, 0) is 69.0 Å². The molecule has 33 heavy (non-hydrogen) atoms. The van der Waals surface area contributed by atoms with Gasteiger partial charge in [-0.1, -0.05) is 6.92 Å². The number of hydrogen-bond donors (Lipinski definition) is 2. The van der Waals surface area contributed by atoms with Crippen LogP contribution in [-0.4, -0.2) is 67.7 Å². The molecule has 8 heteroatoms. The lowest BCUT2D eigenvalue weighted by atomic mass is 9.97. The first-order chi connectivity index (χ1) is 15.8. The number of pyridine rings is 1. The lowest BCUT2D eigenvalue weighted by Crippen LogP contribution is -2.45. The number of rotatable bonds is 9. The number of nitrogens with one attached hydrogen (secondary N) is 2. The summed E-state index contributed by atoms with van der Waals surface area (Å²) in [6.07, 6.45) is 11.3. The molecule has 1 atom stereocenters. The zero-order valence-electron chi connectivity index (χ0n) is 19.8. The van der Waals surface area contributed by atoms with E-state index >= 15 is 0 Å². The number of aliphatic imine (C=N–C) groups is 1. The zero-order chi connectivity index (χ0) is 22.0. The fraction of sp³-hybridized carbons (Fsp3) is 0.600. The molecule has 0 spiro atoms. The molecule has 4 heterocycles. The van der Waals surface area contributed by atoms with Crippen molar-refractivity contribution >= 4 is 35.6 Å². The summed E-state index contributed by atoms with van der Waals surface area (Å²) in [6.45, 7) is 9.44. The normalized spacial score (nSPS) is 20.0. The van der Waals surface area contributed by atoms with Crippen LogP contribution in [0.15, 0.2) is 52.3 Å². The highest BCUT2D eigenvalue weighted by atomic mass is 127. The van der Waals surface area contributed by atoms with Crippen molar-refractivity contribution in [2.75, 3.05) is 50.7 Å². The van der Waals surface area contributed by atoms with E-state index in [1.54, 1.807) is 6.26 Å². The van der Waals surface area contributed by atoms with Crippen LogP contribution in [0, 0.1) is 5.92 Å². The minimum Gasteiger partial charge on any atom is -0.469 e. The minimum absolute atomic E-state index is 0. The first kappa shape index (κ1) is 25.8. The summed E-state index contributed by atoms with van der Waals surface area (Å²) in [5, 5.41) is 7.16. The lowest BCUT2D eigenvalue weighted by Gasteiger charge is -2.33. The van der Waals surface area contributed by atoms with Crippen molar-refractivity contribution in [3.8, 4) is 0 Å². The van der Waals surface area contributed by atoms with Crippen molar-refractivity contribution in [1.29, 1.82) is 0 Å². The predicted molar refractivity (Wildman–Crippen MR) is 146 cm³/mol. The van der Waals surface area contributed by atoms with Gasteiger partial charge in [-0.3, -0.25) is 14.9 Å². The highest BCUT2D eigenvalue weighted by molar-refractivity contribution is 14.0. The number of piperidine rings is 1.